The van der Waals surface area contributed by atoms with Gasteiger partial charge in [-0.2, -0.15) is 5.01 Å². The average Bonchev–Trinajstić information content (AvgIpc) is 3.51. The average molecular weight is 516 g/mol. The van der Waals surface area contributed by atoms with Crippen LogP contribution in [0.4, 0.5) is 5.69 Å². The highest BCUT2D eigenvalue weighted by Crippen LogP contribution is 2.56. The molecule has 0 unspecified atom stereocenters. The van der Waals surface area contributed by atoms with Crippen molar-refractivity contribution in [3.05, 3.63) is 73.8 Å². The Morgan fingerprint density at radius 1 is 1.00 bits per heavy atom. The number of hydrogen-bond acceptors (Lipinski definition) is 6. The van der Waals surface area contributed by atoms with Gasteiger partial charge in [-0.3, -0.25) is 29.3 Å². The second-order valence-electron chi connectivity index (χ2n) is 9.06. The van der Waals surface area contributed by atoms with Gasteiger partial charge in [-0.25, -0.2) is 5.01 Å². The summed E-state index contributed by atoms with van der Waals surface area (Å²) in [7, 11) is 0. The molecule has 3 fully saturated rings. The van der Waals surface area contributed by atoms with E-state index in [0.29, 0.717) is 5.02 Å². The van der Waals surface area contributed by atoms with Crippen LogP contribution in [0.15, 0.2) is 42.5 Å². The summed E-state index contributed by atoms with van der Waals surface area (Å²) in [6.07, 6.45) is 2.45. The van der Waals surface area contributed by atoms with Gasteiger partial charge in [0.2, 0.25) is 0 Å². The number of ketones is 1. The van der Waals surface area contributed by atoms with Gasteiger partial charge in [0, 0.05) is 16.7 Å². The van der Waals surface area contributed by atoms with Crippen molar-refractivity contribution in [3.8, 4) is 0 Å². The normalized spacial score (nSPS) is 24.6. The minimum absolute atomic E-state index is 0.0366. The van der Waals surface area contributed by atoms with Gasteiger partial charge in [0.1, 0.15) is 12.1 Å². The third-order valence-electron chi connectivity index (χ3n) is 7.24. The van der Waals surface area contributed by atoms with Gasteiger partial charge in [-0.05, 0) is 55.4 Å². The lowest BCUT2D eigenvalue weighted by atomic mass is 9.81. The Kier molecular flexibility index (Phi) is 5.85. The molecule has 180 valence electrons. The van der Waals surface area contributed by atoms with E-state index < -0.39 is 52.5 Å². The van der Waals surface area contributed by atoms with Crippen molar-refractivity contribution >= 4 is 52.4 Å². The fourth-order valence-corrected chi connectivity index (χ4v) is 6.27. The molecular weight excluding hydrogens is 497 g/mol. The van der Waals surface area contributed by atoms with Crippen LogP contribution >= 0.6 is 23.2 Å². The number of nitro benzene ring substituents is 1. The molecule has 2 aliphatic carbocycles. The molecule has 5 rings (SSSR count). The largest absolute Gasteiger partial charge is 0.292 e. The number of benzene rings is 2. The first kappa shape index (κ1) is 23.4. The Bertz CT molecular complexity index is 1270. The van der Waals surface area contributed by atoms with Gasteiger partial charge in [-0.15, -0.1) is 0 Å². The molecule has 0 spiro atoms. The van der Waals surface area contributed by atoms with Crippen molar-refractivity contribution in [1.29, 1.82) is 0 Å². The van der Waals surface area contributed by atoms with Crippen LogP contribution in [-0.2, 0) is 9.59 Å². The number of carbonyl (C=O) groups is 4. The summed E-state index contributed by atoms with van der Waals surface area (Å²) in [4.78, 5) is 64.5. The number of hydrazine groups is 1. The number of nitro groups is 1. The zero-order valence-corrected chi connectivity index (χ0v) is 19.7. The van der Waals surface area contributed by atoms with Crippen molar-refractivity contribution in [2.75, 3.05) is 6.54 Å². The van der Waals surface area contributed by atoms with E-state index in [-0.39, 0.29) is 28.0 Å². The van der Waals surface area contributed by atoms with Gasteiger partial charge >= 0.3 is 0 Å². The number of nitrogens with zero attached hydrogens (tertiary/aromatic N) is 3. The van der Waals surface area contributed by atoms with Crippen LogP contribution < -0.4 is 0 Å². The molecule has 1 heterocycles. The summed E-state index contributed by atoms with van der Waals surface area (Å²) >= 11 is 12.1. The standard InChI is InChI=1S/C24H19Cl2N3O6/c25-14-7-8-15(17(26)10-14)19(30)11-27(22(31)16-3-1-2-4-18(16)29(34)35)28-23(32)20-12-5-6-13(9-12)21(20)24(28)33/h1-4,7-8,10,12-13,20-21H,5-6,9,11H2/t12-,13-,20-,21+/m0/s1. The molecular formula is C24H19Cl2N3O6. The predicted molar refractivity (Wildman–Crippen MR) is 125 cm³/mol. The van der Waals surface area contributed by atoms with E-state index in [4.69, 9.17) is 23.2 Å². The van der Waals surface area contributed by atoms with Crippen molar-refractivity contribution in [2.45, 2.75) is 19.3 Å². The summed E-state index contributed by atoms with van der Waals surface area (Å²) in [5, 5.41) is 13.4. The van der Waals surface area contributed by atoms with Crippen LogP contribution in [0.25, 0.3) is 0 Å². The van der Waals surface area contributed by atoms with Crippen LogP contribution in [0.1, 0.15) is 40.0 Å². The Balaban J connectivity index is 1.55. The Labute approximate surface area is 209 Å². The molecule has 35 heavy (non-hydrogen) atoms. The van der Waals surface area contributed by atoms with Crippen molar-refractivity contribution in [2.24, 2.45) is 23.7 Å². The molecule has 0 N–H and O–H groups in total. The maximum absolute atomic E-state index is 13.6. The highest BCUT2D eigenvalue weighted by Gasteiger charge is 2.62. The van der Waals surface area contributed by atoms with Crippen LogP contribution in [0.2, 0.25) is 10.0 Å². The molecule has 2 bridgehead atoms. The molecule has 2 aromatic rings. The lowest BCUT2D eigenvalue weighted by molar-refractivity contribution is -0.385. The van der Waals surface area contributed by atoms with Gasteiger partial charge in [0.15, 0.2) is 5.78 Å². The number of imide groups is 1. The summed E-state index contributed by atoms with van der Waals surface area (Å²) in [6, 6.07) is 9.38. The lowest BCUT2D eigenvalue weighted by Gasteiger charge is -2.30. The quantitative estimate of drug-likeness (QED) is 0.246. The second kappa shape index (κ2) is 8.73. The molecule has 0 aromatic heterocycles. The first-order chi connectivity index (χ1) is 16.7. The van der Waals surface area contributed by atoms with Crippen molar-refractivity contribution in [1.82, 2.24) is 10.0 Å². The smallest absolute Gasteiger partial charge is 0.282 e. The monoisotopic (exact) mass is 515 g/mol. The predicted octanol–water partition coefficient (Wildman–Crippen LogP) is 4.17. The van der Waals surface area contributed by atoms with E-state index in [0.717, 1.165) is 35.3 Å². The SMILES string of the molecule is O=C(CN(C(=O)c1ccccc1[N+](=O)[O-])N1C(=O)[C@@H]2[C@H]3CC[C@@H](C3)[C@@H]2C1=O)c1ccc(Cl)cc1Cl. The molecule has 2 saturated carbocycles. The molecule has 0 radical (unpaired) electrons. The minimum Gasteiger partial charge on any atom is -0.292 e. The highest BCUT2D eigenvalue weighted by atomic mass is 35.5. The molecule has 3 amide bonds. The third kappa shape index (κ3) is 3.79. The van der Waals surface area contributed by atoms with E-state index in [9.17, 15) is 29.3 Å². The first-order valence-corrected chi connectivity index (χ1v) is 11.9. The molecule has 3 aliphatic rings. The molecule has 9 nitrogen and oxygen atoms in total. The van der Waals surface area contributed by atoms with Crippen molar-refractivity contribution in [3.63, 3.8) is 0 Å². The maximum atomic E-state index is 13.6. The number of rotatable bonds is 6. The minimum atomic E-state index is -0.996. The lowest BCUT2D eigenvalue weighted by Crippen LogP contribution is -2.52. The molecule has 4 atom stereocenters. The molecule has 1 aliphatic heterocycles. The maximum Gasteiger partial charge on any atom is 0.282 e. The van der Waals surface area contributed by atoms with Crippen molar-refractivity contribution < 1.29 is 24.1 Å². The zero-order chi connectivity index (χ0) is 25.0. The summed E-state index contributed by atoms with van der Waals surface area (Å²) in [6.45, 7) is -0.710. The van der Waals surface area contributed by atoms with Gasteiger partial charge in [0.05, 0.1) is 21.8 Å². The highest BCUT2D eigenvalue weighted by molar-refractivity contribution is 6.37. The number of Topliss-reactive ketones (excluding diaryl/α,β-unsaturated/α-hetero) is 1. The Hall–Kier alpha value is -3.30. The number of para-hydroxylation sites is 1. The molecule has 11 heteroatoms. The number of halogens is 2. The molecule has 1 saturated heterocycles. The molecule has 2 aromatic carbocycles. The van der Waals surface area contributed by atoms with E-state index in [1.165, 1.54) is 36.4 Å². The van der Waals surface area contributed by atoms with Crippen LogP contribution in [0.5, 0.6) is 0 Å². The second-order valence-corrected chi connectivity index (χ2v) is 9.90. The van der Waals surface area contributed by atoms with Gasteiger partial charge in [0.25, 0.3) is 23.4 Å². The number of amides is 3. The van der Waals surface area contributed by atoms with Gasteiger partial charge < -0.3 is 0 Å². The Morgan fingerprint density at radius 3 is 2.23 bits per heavy atom. The summed E-state index contributed by atoms with van der Waals surface area (Å²) < 4.78 is 0. The number of carbonyl (C=O) groups excluding carboxylic acids is 4. The van der Waals surface area contributed by atoms with Gasteiger partial charge in [-0.1, -0.05) is 35.3 Å². The number of hydrogen-bond donors (Lipinski definition) is 0. The Morgan fingerprint density at radius 2 is 1.63 bits per heavy atom. The topological polar surface area (TPSA) is 118 Å². The van der Waals surface area contributed by atoms with E-state index >= 15 is 0 Å². The number of fused-ring (bicyclic) bond motifs is 5. The summed E-state index contributed by atoms with van der Waals surface area (Å²) in [5.74, 6) is -3.73. The first-order valence-electron chi connectivity index (χ1n) is 11.1. The van der Waals surface area contributed by atoms with E-state index in [1.807, 2.05) is 0 Å². The zero-order valence-electron chi connectivity index (χ0n) is 18.2. The van der Waals surface area contributed by atoms with Crippen LogP contribution in [0, 0.1) is 33.8 Å². The summed E-state index contributed by atoms with van der Waals surface area (Å²) in [5.41, 5.74) is -0.803. The van der Waals surface area contributed by atoms with Crippen LogP contribution in [-0.4, -0.2) is 45.0 Å². The fraction of sp³-hybridized carbons (Fsp3) is 0.333. The third-order valence-corrected chi connectivity index (χ3v) is 7.78. The fourth-order valence-electron chi connectivity index (χ4n) is 5.75. The van der Waals surface area contributed by atoms with E-state index in [1.54, 1.807) is 0 Å². The van der Waals surface area contributed by atoms with Crippen LogP contribution in [0.3, 0.4) is 0 Å². The van der Waals surface area contributed by atoms with E-state index in [2.05, 4.69) is 0 Å².